The average molecular weight is 338 g/mol. The summed E-state index contributed by atoms with van der Waals surface area (Å²) >= 11 is 3.48. The number of ether oxygens (including phenoxy) is 1. The van der Waals surface area contributed by atoms with Gasteiger partial charge in [0.05, 0.1) is 18.4 Å². The van der Waals surface area contributed by atoms with Gasteiger partial charge in [-0.15, -0.1) is 0 Å². The number of H-pyrrole nitrogens is 1. The number of imidazole rings is 1. The lowest BCUT2D eigenvalue weighted by atomic mass is 10.2. The van der Waals surface area contributed by atoms with Crippen LogP contribution in [0.3, 0.4) is 0 Å². The fourth-order valence-electron chi connectivity index (χ4n) is 1.92. The van der Waals surface area contributed by atoms with E-state index in [4.69, 9.17) is 4.74 Å². The zero-order chi connectivity index (χ0) is 14.4. The molecule has 2 aromatic rings. The molecule has 20 heavy (non-hydrogen) atoms. The highest BCUT2D eigenvalue weighted by atomic mass is 79.9. The number of nitrogens with one attached hydrogen (secondary N) is 2. The highest BCUT2D eigenvalue weighted by Crippen LogP contribution is 2.21. The van der Waals surface area contributed by atoms with Crippen LogP contribution in [-0.4, -0.2) is 29.7 Å². The molecule has 0 spiro atoms. The van der Waals surface area contributed by atoms with Gasteiger partial charge in [0.2, 0.25) is 0 Å². The minimum atomic E-state index is 0.411. The van der Waals surface area contributed by atoms with Crippen molar-refractivity contribution >= 4 is 15.9 Å². The molecule has 1 unspecified atom stereocenters. The highest BCUT2D eigenvalue weighted by Gasteiger charge is 2.06. The molecule has 0 fully saturated rings. The lowest BCUT2D eigenvalue weighted by molar-refractivity contribution is 0.184. The van der Waals surface area contributed by atoms with Gasteiger partial charge in [-0.05, 0) is 25.5 Å². The molecule has 0 bridgehead atoms. The normalized spacial score (nSPS) is 12.6. The molecule has 0 aliphatic carbocycles. The van der Waals surface area contributed by atoms with Gasteiger partial charge in [0, 0.05) is 29.8 Å². The van der Waals surface area contributed by atoms with E-state index in [9.17, 15) is 0 Å². The van der Waals surface area contributed by atoms with E-state index >= 15 is 0 Å². The Balaban J connectivity index is 1.92. The average Bonchev–Trinajstić information content (AvgIpc) is 2.92. The van der Waals surface area contributed by atoms with Gasteiger partial charge >= 0.3 is 0 Å². The number of halogens is 1. The standard InChI is InChI=1S/C15H20BrN3O/c1-11(6-7-20-2)17-10-15-18-9-14(19-15)12-4-3-5-13(16)8-12/h3-5,8-9,11,17H,6-7,10H2,1-2H3,(H,18,19). The van der Waals surface area contributed by atoms with Crippen LogP contribution in [0, 0.1) is 0 Å². The van der Waals surface area contributed by atoms with Crippen LogP contribution in [0.5, 0.6) is 0 Å². The molecule has 0 saturated heterocycles. The van der Waals surface area contributed by atoms with E-state index in [1.54, 1.807) is 7.11 Å². The van der Waals surface area contributed by atoms with E-state index in [0.29, 0.717) is 6.04 Å². The Morgan fingerprint density at radius 2 is 2.30 bits per heavy atom. The largest absolute Gasteiger partial charge is 0.385 e. The molecule has 0 saturated carbocycles. The van der Waals surface area contributed by atoms with E-state index in [2.05, 4.69) is 50.3 Å². The van der Waals surface area contributed by atoms with E-state index in [1.165, 1.54) is 0 Å². The Kier molecular flexibility index (Phi) is 5.76. The number of methoxy groups -OCH3 is 1. The first-order valence-electron chi connectivity index (χ1n) is 6.71. The number of hydrogen-bond acceptors (Lipinski definition) is 3. The molecule has 0 aliphatic rings. The van der Waals surface area contributed by atoms with Crippen molar-refractivity contribution in [2.24, 2.45) is 0 Å². The Bertz CT molecular complexity index is 541. The topological polar surface area (TPSA) is 49.9 Å². The fraction of sp³-hybridized carbons (Fsp3) is 0.400. The Hall–Kier alpha value is -1.17. The van der Waals surface area contributed by atoms with Crippen molar-refractivity contribution in [2.75, 3.05) is 13.7 Å². The maximum absolute atomic E-state index is 5.07. The third-order valence-electron chi connectivity index (χ3n) is 3.14. The smallest absolute Gasteiger partial charge is 0.120 e. The van der Waals surface area contributed by atoms with Crippen LogP contribution < -0.4 is 5.32 Å². The summed E-state index contributed by atoms with van der Waals surface area (Å²) in [6, 6.07) is 8.59. The van der Waals surface area contributed by atoms with Crippen molar-refractivity contribution < 1.29 is 4.74 Å². The molecule has 0 amide bonds. The molecule has 1 heterocycles. The van der Waals surface area contributed by atoms with Crippen molar-refractivity contribution in [1.82, 2.24) is 15.3 Å². The number of rotatable bonds is 7. The molecule has 5 heteroatoms. The van der Waals surface area contributed by atoms with Crippen molar-refractivity contribution in [3.05, 3.63) is 40.8 Å². The zero-order valence-corrected chi connectivity index (χ0v) is 13.4. The van der Waals surface area contributed by atoms with Crippen molar-refractivity contribution in [1.29, 1.82) is 0 Å². The van der Waals surface area contributed by atoms with Crippen LogP contribution in [-0.2, 0) is 11.3 Å². The van der Waals surface area contributed by atoms with Crippen LogP contribution in [0.2, 0.25) is 0 Å². The molecular weight excluding hydrogens is 318 g/mol. The predicted octanol–water partition coefficient (Wildman–Crippen LogP) is 3.35. The van der Waals surface area contributed by atoms with Gasteiger partial charge < -0.3 is 15.0 Å². The molecule has 0 radical (unpaired) electrons. The Morgan fingerprint density at radius 3 is 3.05 bits per heavy atom. The van der Waals surface area contributed by atoms with E-state index < -0.39 is 0 Å². The second-order valence-electron chi connectivity index (χ2n) is 4.82. The summed E-state index contributed by atoms with van der Waals surface area (Å²) < 4.78 is 6.14. The first-order chi connectivity index (χ1) is 9.69. The van der Waals surface area contributed by atoms with Crippen LogP contribution in [0.25, 0.3) is 11.3 Å². The summed E-state index contributed by atoms with van der Waals surface area (Å²) in [6.45, 7) is 3.66. The Labute approximate surface area is 128 Å². The van der Waals surface area contributed by atoms with E-state index in [0.717, 1.165) is 41.1 Å². The zero-order valence-electron chi connectivity index (χ0n) is 11.8. The summed E-state index contributed by atoms with van der Waals surface area (Å²) in [5.41, 5.74) is 2.17. The molecule has 108 valence electrons. The maximum Gasteiger partial charge on any atom is 0.120 e. The van der Waals surface area contributed by atoms with Crippen LogP contribution in [0.4, 0.5) is 0 Å². The van der Waals surface area contributed by atoms with Gasteiger partial charge in [-0.3, -0.25) is 0 Å². The predicted molar refractivity (Wildman–Crippen MR) is 84.5 cm³/mol. The van der Waals surface area contributed by atoms with Crippen LogP contribution in [0.1, 0.15) is 19.2 Å². The van der Waals surface area contributed by atoms with Gasteiger partial charge in [-0.1, -0.05) is 28.1 Å². The number of hydrogen-bond donors (Lipinski definition) is 2. The molecule has 1 aromatic heterocycles. The fourth-order valence-corrected chi connectivity index (χ4v) is 2.32. The van der Waals surface area contributed by atoms with Gasteiger partial charge in [0.1, 0.15) is 5.82 Å². The molecule has 2 rings (SSSR count). The lowest BCUT2D eigenvalue weighted by Crippen LogP contribution is -2.27. The Morgan fingerprint density at radius 1 is 1.45 bits per heavy atom. The monoisotopic (exact) mass is 337 g/mol. The minimum Gasteiger partial charge on any atom is -0.385 e. The first kappa shape index (κ1) is 15.2. The molecule has 1 aromatic carbocycles. The third kappa shape index (κ3) is 4.44. The molecule has 0 aliphatic heterocycles. The molecular formula is C15H20BrN3O. The van der Waals surface area contributed by atoms with Crippen molar-refractivity contribution in [3.8, 4) is 11.3 Å². The first-order valence-corrected chi connectivity index (χ1v) is 7.50. The van der Waals surface area contributed by atoms with Gasteiger partial charge in [0.25, 0.3) is 0 Å². The van der Waals surface area contributed by atoms with Crippen molar-refractivity contribution in [2.45, 2.75) is 25.9 Å². The summed E-state index contributed by atoms with van der Waals surface area (Å²) in [7, 11) is 1.73. The highest BCUT2D eigenvalue weighted by molar-refractivity contribution is 9.10. The van der Waals surface area contributed by atoms with E-state index in [-0.39, 0.29) is 0 Å². The van der Waals surface area contributed by atoms with Crippen LogP contribution >= 0.6 is 15.9 Å². The SMILES string of the molecule is COCCC(C)NCc1ncc(-c2cccc(Br)c2)[nH]1. The molecule has 1 atom stereocenters. The number of nitrogens with zero attached hydrogens (tertiary/aromatic N) is 1. The maximum atomic E-state index is 5.07. The lowest BCUT2D eigenvalue weighted by Gasteiger charge is -2.11. The molecule has 4 nitrogen and oxygen atoms in total. The quantitative estimate of drug-likeness (QED) is 0.814. The van der Waals surface area contributed by atoms with Gasteiger partial charge in [0.15, 0.2) is 0 Å². The summed E-state index contributed by atoms with van der Waals surface area (Å²) in [6.07, 6.45) is 2.87. The van der Waals surface area contributed by atoms with Crippen molar-refractivity contribution in [3.63, 3.8) is 0 Å². The molecule has 2 N–H and O–H groups in total. The minimum absolute atomic E-state index is 0.411. The van der Waals surface area contributed by atoms with E-state index in [1.807, 2.05) is 18.3 Å². The second kappa shape index (κ2) is 7.57. The summed E-state index contributed by atoms with van der Waals surface area (Å²) in [5, 5.41) is 3.43. The van der Waals surface area contributed by atoms with Crippen LogP contribution in [0.15, 0.2) is 34.9 Å². The number of aromatic nitrogens is 2. The number of benzene rings is 1. The van der Waals surface area contributed by atoms with Gasteiger partial charge in [-0.2, -0.15) is 0 Å². The summed E-state index contributed by atoms with van der Waals surface area (Å²) in [5.74, 6) is 0.948. The second-order valence-corrected chi connectivity index (χ2v) is 5.73. The third-order valence-corrected chi connectivity index (χ3v) is 3.63. The van der Waals surface area contributed by atoms with Gasteiger partial charge in [-0.25, -0.2) is 4.98 Å². The summed E-state index contributed by atoms with van der Waals surface area (Å²) in [4.78, 5) is 7.75. The number of aromatic amines is 1.